The van der Waals surface area contributed by atoms with Gasteiger partial charge in [-0.3, -0.25) is 4.55 Å². The van der Waals surface area contributed by atoms with Crippen LogP contribution in [-0.2, 0) is 16.5 Å². The molecule has 0 atom stereocenters. The number of rotatable bonds is 2. The lowest BCUT2D eigenvalue weighted by atomic mass is 10.1. The lowest BCUT2D eigenvalue weighted by Crippen LogP contribution is -2.01. The monoisotopic (exact) mass is 307 g/mol. The molecule has 0 bridgehead atoms. The summed E-state index contributed by atoms with van der Waals surface area (Å²) in [6.45, 7) is 0.398. The number of benzene rings is 1. The van der Waals surface area contributed by atoms with Crippen LogP contribution in [0.25, 0.3) is 10.4 Å². The number of nitriles is 1. The molecular weight excluding hydrogens is 298 g/mol. The van der Waals surface area contributed by atoms with Crippen molar-refractivity contribution in [3.8, 4) is 22.3 Å². The minimum Gasteiger partial charge on any atom is -0.491 e. The maximum absolute atomic E-state index is 11.5. The molecule has 7 heteroatoms. The molecule has 1 aromatic heterocycles. The second kappa shape index (κ2) is 4.59. The molecule has 5 nitrogen and oxygen atoms in total. The molecule has 0 amide bonds. The largest absolute Gasteiger partial charge is 0.491 e. The van der Waals surface area contributed by atoms with Gasteiger partial charge in [0.15, 0.2) is 0 Å². The zero-order chi connectivity index (χ0) is 14.3. The van der Waals surface area contributed by atoms with Gasteiger partial charge >= 0.3 is 0 Å². The lowest BCUT2D eigenvalue weighted by molar-refractivity contribution is 0.346. The van der Waals surface area contributed by atoms with Crippen LogP contribution >= 0.6 is 11.3 Å². The summed E-state index contributed by atoms with van der Waals surface area (Å²) in [5.74, 6) is 0.230. The van der Waals surface area contributed by atoms with Crippen LogP contribution in [0.1, 0.15) is 10.4 Å². The standard InChI is InChI=1S/C13H9NO4S2/c14-7-10-1-2-11(19-10)9-5-8-3-4-18-13(8)12(6-9)20(15,16)17/h1-2,5-6H,3-4H2,(H,15,16,17). The van der Waals surface area contributed by atoms with E-state index in [1.807, 2.05) is 12.1 Å². The van der Waals surface area contributed by atoms with Gasteiger partial charge in [-0.25, -0.2) is 0 Å². The highest BCUT2D eigenvalue weighted by Gasteiger charge is 2.25. The fraction of sp³-hybridized carbons (Fsp3) is 0.154. The Morgan fingerprint density at radius 2 is 2.15 bits per heavy atom. The van der Waals surface area contributed by atoms with Crippen LogP contribution in [0.15, 0.2) is 29.2 Å². The average Bonchev–Trinajstić information content (AvgIpc) is 3.04. The van der Waals surface area contributed by atoms with E-state index in [-0.39, 0.29) is 10.6 Å². The zero-order valence-corrected chi connectivity index (χ0v) is 11.8. The molecule has 0 fully saturated rings. The summed E-state index contributed by atoms with van der Waals surface area (Å²) in [6, 6.07) is 8.70. The summed E-state index contributed by atoms with van der Waals surface area (Å²) in [7, 11) is -4.34. The quantitative estimate of drug-likeness (QED) is 0.861. The Labute approximate surface area is 119 Å². The van der Waals surface area contributed by atoms with Gasteiger partial charge in [0.2, 0.25) is 0 Å². The Morgan fingerprint density at radius 1 is 1.35 bits per heavy atom. The number of fused-ring (bicyclic) bond motifs is 1. The molecular formula is C13H9NO4S2. The Kier molecular flexibility index (Phi) is 3.01. The van der Waals surface area contributed by atoms with Crippen molar-refractivity contribution < 1.29 is 17.7 Å². The highest BCUT2D eigenvalue weighted by molar-refractivity contribution is 7.86. The van der Waals surface area contributed by atoms with Gasteiger partial charge in [0.25, 0.3) is 10.1 Å². The third-order valence-corrected chi connectivity index (χ3v) is 4.93. The first-order valence-corrected chi connectivity index (χ1v) is 8.02. The van der Waals surface area contributed by atoms with Gasteiger partial charge in [-0.05, 0) is 35.4 Å². The summed E-state index contributed by atoms with van der Waals surface area (Å²) in [4.78, 5) is 1.11. The summed E-state index contributed by atoms with van der Waals surface area (Å²) >= 11 is 1.27. The van der Waals surface area contributed by atoms with Crippen LogP contribution in [0.2, 0.25) is 0 Å². The maximum Gasteiger partial charge on any atom is 0.298 e. The van der Waals surface area contributed by atoms with Gasteiger partial charge in [-0.15, -0.1) is 11.3 Å². The first-order chi connectivity index (χ1) is 9.49. The van der Waals surface area contributed by atoms with Crippen molar-refractivity contribution in [2.45, 2.75) is 11.3 Å². The Hall–Kier alpha value is -1.88. The number of ether oxygens (including phenoxy) is 1. The molecule has 1 N–H and O–H groups in total. The van der Waals surface area contributed by atoms with E-state index >= 15 is 0 Å². The molecule has 20 heavy (non-hydrogen) atoms. The number of thiophene rings is 1. The van der Waals surface area contributed by atoms with E-state index in [1.165, 1.54) is 17.4 Å². The van der Waals surface area contributed by atoms with E-state index in [4.69, 9.17) is 10.00 Å². The fourth-order valence-corrected chi connectivity index (χ4v) is 3.65. The van der Waals surface area contributed by atoms with Crippen molar-refractivity contribution in [2.75, 3.05) is 6.61 Å². The van der Waals surface area contributed by atoms with Crippen LogP contribution in [0, 0.1) is 11.3 Å². The minimum atomic E-state index is -4.34. The molecule has 0 unspecified atom stereocenters. The molecule has 0 saturated heterocycles. The van der Waals surface area contributed by atoms with Crippen molar-refractivity contribution in [1.82, 2.24) is 0 Å². The second-order valence-corrected chi connectivity index (χ2v) is 6.79. The van der Waals surface area contributed by atoms with Crippen molar-refractivity contribution >= 4 is 21.5 Å². The van der Waals surface area contributed by atoms with Gasteiger partial charge in [0.1, 0.15) is 21.6 Å². The third-order valence-electron chi connectivity index (χ3n) is 3.03. The summed E-state index contributed by atoms with van der Waals surface area (Å²) in [5.41, 5.74) is 1.41. The molecule has 0 saturated carbocycles. The van der Waals surface area contributed by atoms with Crippen molar-refractivity contribution in [1.29, 1.82) is 5.26 Å². The summed E-state index contributed by atoms with van der Waals surface area (Å²) in [6.07, 6.45) is 0.599. The Balaban J connectivity index is 2.21. The van der Waals surface area contributed by atoms with Gasteiger partial charge < -0.3 is 4.74 Å². The maximum atomic E-state index is 11.5. The molecule has 2 aromatic rings. The van der Waals surface area contributed by atoms with E-state index in [9.17, 15) is 13.0 Å². The van der Waals surface area contributed by atoms with Crippen LogP contribution in [0.3, 0.4) is 0 Å². The molecule has 3 rings (SSSR count). The molecule has 1 aliphatic heterocycles. The highest BCUT2D eigenvalue weighted by Crippen LogP contribution is 2.38. The number of hydrogen-bond acceptors (Lipinski definition) is 5. The van der Waals surface area contributed by atoms with Gasteiger partial charge in [0, 0.05) is 11.3 Å². The number of hydrogen-bond donors (Lipinski definition) is 1. The normalized spacial score (nSPS) is 13.6. The van der Waals surface area contributed by atoms with Crippen molar-refractivity contribution in [2.24, 2.45) is 0 Å². The predicted octanol–water partition coefficient (Wildman–Crippen LogP) is 2.47. The Morgan fingerprint density at radius 3 is 2.80 bits per heavy atom. The van der Waals surface area contributed by atoms with E-state index in [0.29, 0.717) is 23.5 Å². The van der Waals surface area contributed by atoms with Gasteiger partial charge in [-0.1, -0.05) is 0 Å². The summed E-state index contributed by atoms with van der Waals surface area (Å²) in [5, 5.41) is 8.84. The SMILES string of the molecule is N#Cc1ccc(-c2cc3c(c(S(=O)(=O)O)c2)OCC3)s1. The predicted molar refractivity (Wildman–Crippen MR) is 73.5 cm³/mol. The van der Waals surface area contributed by atoms with Crippen LogP contribution in [-0.4, -0.2) is 19.6 Å². The lowest BCUT2D eigenvalue weighted by Gasteiger charge is -2.08. The average molecular weight is 307 g/mol. The van der Waals surface area contributed by atoms with Crippen LogP contribution < -0.4 is 4.74 Å². The second-order valence-electron chi connectivity index (χ2n) is 4.31. The first-order valence-electron chi connectivity index (χ1n) is 5.76. The Bertz CT molecular complexity index is 831. The van der Waals surface area contributed by atoms with E-state index in [0.717, 1.165) is 10.4 Å². The zero-order valence-electron chi connectivity index (χ0n) is 10.2. The topological polar surface area (TPSA) is 87.4 Å². The van der Waals surface area contributed by atoms with E-state index in [1.54, 1.807) is 12.1 Å². The molecule has 0 radical (unpaired) electrons. The summed E-state index contributed by atoms with van der Waals surface area (Å²) < 4.78 is 37.5. The van der Waals surface area contributed by atoms with Crippen molar-refractivity contribution in [3.05, 3.63) is 34.7 Å². The molecule has 0 aliphatic carbocycles. The van der Waals surface area contributed by atoms with Crippen molar-refractivity contribution in [3.63, 3.8) is 0 Å². The fourth-order valence-electron chi connectivity index (χ4n) is 2.16. The molecule has 0 spiro atoms. The minimum absolute atomic E-state index is 0.214. The smallest absolute Gasteiger partial charge is 0.298 e. The first kappa shape index (κ1) is 13.1. The van der Waals surface area contributed by atoms with E-state index < -0.39 is 10.1 Å². The third kappa shape index (κ3) is 2.18. The van der Waals surface area contributed by atoms with Crippen LogP contribution in [0.5, 0.6) is 5.75 Å². The molecule has 102 valence electrons. The van der Waals surface area contributed by atoms with Gasteiger partial charge in [-0.2, -0.15) is 13.7 Å². The number of nitrogens with zero attached hydrogens (tertiary/aromatic N) is 1. The van der Waals surface area contributed by atoms with E-state index in [2.05, 4.69) is 0 Å². The highest BCUT2D eigenvalue weighted by atomic mass is 32.2. The van der Waals surface area contributed by atoms with Crippen LogP contribution in [0.4, 0.5) is 0 Å². The van der Waals surface area contributed by atoms with Gasteiger partial charge in [0.05, 0.1) is 6.61 Å². The molecule has 2 heterocycles. The molecule has 1 aromatic carbocycles. The molecule has 1 aliphatic rings.